The second-order valence-corrected chi connectivity index (χ2v) is 5.22. The van der Waals surface area contributed by atoms with Crippen LogP contribution in [0.25, 0.3) is 0 Å². The second-order valence-electron chi connectivity index (χ2n) is 5.22. The molecule has 0 radical (unpaired) electrons. The zero-order valence-corrected chi connectivity index (χ0v) is 11.6. The van der Waals surface area contributed by atoms with Crippen LogP contribution in [0.15, 0.2) is 36.7 Å². The van der Waals surface area contributed by atoms with Gasteiger partial charge in [-0.25, -0.2) is 10.4 Å². The summed E-state index contributed by atoms with van der Waals surface area (Å²) in [7, 11) is 1.99. The van der Waals surface area contributed by atoms with Gasteiger partial charge < -0.3 is 9.30 Å². The molecule has 0 fully saturated rings. The summed E-state index contributed by atoms with van der Waals surface area (Å²) in [5, 5.41) is 0. The molecular weight excluding hydrogens is 252 g/mol. The maximum Gasteiger partial charge on any atom is 0.126 e. The Balaban J connectivity index is 1.82. The van der Waals surface area contributed by atoms with Gasteiger partial charge in [-0.15, -0.1) is 0 Å². The molecule has 1 aliphatic heterocycles. The van der Waals surface area contributed by atoms with E-state index in [0.29, 0.717) is 5.92 Å². The van der Waals surface area contributed by atoms with Crippen LogP contribution in [0.3, 0.4) is 0 Å². The molecule has 0 spiro atoms. The lowest BCUT2D eigenvalue weighted by molar-refractivity contribution is 0.253. The summed E-state index contributed by atoms with van der Waals surface area (Å²) in [5.74, 6) is 8.15. The molecule has 2 atom stereocenters. The number of para-hydroxylation sites is 1. The molecule has 2 heterocycles. The molecule has 0 saturated carbocycles. The fourth-order valence-corrected chi connectivity index (χ4v) is 2.91. The number of nitrogens with one attached hydrogen (secondary N) is 1. The number of nitrogens with zero attached hydrogens (tertiary/aromatic N) is 2. The van der Waals surface area contributed by atoms with E-state index in [9.17, 15) is 0 Å². The molecule has 1 aromatic carbocycles. The third kappa shape index (κ3) is 2.42. The molecule has 20 heavy (non-hydrogen) atoms. The average molecular weight is 272 g/mol. The molecule has 1 aliphatic rings. The Labute approximate surface area is 118 Å². The number of hydrogen-bond donors (Lipinski definition) is 2. The summed E-state index contributed by atoms with van der Waals surface area (Å²) in [6, 6.07) is 8.30. The first-order valence-corrected chi connectivity index (χ1v) is 6.94. The van der Waals surface area contributed by atoms with E-state index in [1.165, 1.54) is 5.56 Å². The average Bonchev–Trinajstić information content (AvgIpc) is 2.91. The standard InChI is InChI=1S/C15H20N4O/c1-19-8-7-17-15(19)13(18-16)10-11-6-9-20-14-5-3-2-4-12(11)14/h2-5,7-8,11,13,18H,6,9-10,16H2,1H3. The lowest BCUT2D eigenvalue weighted by Crippen LogP contribution is -2.32. The first kappa shape index (κ1) is 13.1. The number of ether oxygens (including phenoxy) is 1. The van der Waals surface area contributed by atoms with Crippen molar-refractivity contribution in [2.75, 3.05) is 6.61 Å². The van der Waals surface area contributed by atoms with Crippen molar-refractivity contribution in [3.05, 3.63) is 48.0 Å². The minimum Gasteiger partial charge on any atom is -0.493 e. The van der Waals surface area contributed by atoms with Gasteiger partial charge in [0.05, 0.1) is 12.6 Å². The van der Waals surface area contributed by atoms with Gasteiger partial charge in [0.1, 0.15) is 11.6 Å². The third-order valence-corrected chi connectivity index (χ3v) is 3.97. The van der Waals surface area contributed by atoms with Crippen LogP contribution < -0.4 is 16.0 Å². The first-order chi connectivity index (χ1) is 9.79. The maximum absolute atomic E-state index is 5.74. The van der Waals surface area contributed by atoms with Gasteiger partial charge in [-0.1, -0.05) is 18.2 Å². The van der Waals surface area contributed by atoms with Crippen molar-refractivity contribution in [3.63, 3.8) is 0 Å². The molecule has 106 valence electrons. The molecule has 3 rings (SSSR count). The highest BCUT2D eigenvalue weighted by Crippen LogP contribution is 2.38. The Hall–Kier alpha value is -1.85. The zero-order chi connectivity index (χ0) is 13.9. The van der Waals surface area contributed by atoms with Crippen molar-refractivity contribution in [2.24, 2.45) is 12.9 Å². The fraction of sp³-hybridized carbons (Fsp3) is 0.400. The SMILES string of the molecule is Cn1ccnc1C(CC1CCOc2ccccc21)NN. The van der Waals surface area contributed by atoms with Crippen LogP contribution in [0, 0.1) is 0 Å². The van der Waals surface area contributed by atoms with E-state index in [2.05, 4.69) is 22.5 Å². The molecule has 0 aliphatic carbocycles. The Morgan fingerprint density at radius 1 is 1.50 bits per heavy atom. The fourth-order valence-electron chi connectivity index (χ4n) is 2.91. The first-order valence-electron chi connectivity index (χ1n) is 6.94. The summed E-state index contributed by atoms with van der Waals surface area (Å²) in [6.45, 7) is 0.763. The number of hydrazine groups is 1. The second kappa shape index (κ2) is 5.64. The summed E-state index contributed by atoms with van der Waals surface area (Å²) in [5.41, 5.74) is 4.17. The van der Waals surface area contributed by atoms with E-state index in [1.54, 1.807) is 6.20 Å². The van der Waals surface area contributed by atoms with Gasteiger partial charge in [0.25, 0.3) is 0 Å². The van der Waals surface area contributed by atoms with Gasteiger partial charge in [0.15, 0.2) is 0 Å². The number of aromatic nitrogens is 2. The zero-order valence-electron chi connectivity index (χ0n) is 11.6. The molecule has 2 aromatic rings. The summed E-state index contributed by atoms with van der Waals surface area (Å²) >= 11 is 0. The normalized spacial score (nSPS) is 19.2. The van der Waals surface area contributed by atoms with Crippen LogP contribution in [-0.4, -0.2) is 16.2 Å². The van der Waals surface area contributed by atoms with E-state index in [1.807, 2.05) is 29.9 Å². The quantitative estimate of drug-likeness (QED) is 0.659. The van der Waals surface area contributed by atoms with Crippen molar-refractivity contribution >= 4 is 0 Å². The summed E-state index contributed by atoms with van der Waals surface area (Å²) in [4.78, 5) is 4.40. The van der Waals surface area contributed by atoms with Crippen molar-refractivity contribution in [3.8, 4) is 5.75 Å². The maximum atomic E-state index is 5.74. The molecule has 0 bridgehead atoms. The smallest absolute Gasteiger partial charge is 0.126 e. The van der Waals surface area contributed by atoms with E-state index in [4.69, 9.17) is 10.6 Å². The predicted octanol–water partition coefficient (Wildman–Crippen LogP) is 1.88. The van der Waals surface area contributed by atoms with Crippen molar-refractivity contribution in [1.82, 2.24) is 15.0 Å². The minimum absolute atomic E-state index is 0.0474. The third-order valence-electron chi connectivity index (χ3n) is 3.97. The Morgan fingerprint density at radius 2 is 2.35 bits per heavy atom. The Kier molecular flexibility index (Phi) is 3.71. The number of rotatable bonds is 4. The molecule has 0 saturated heterocycles. The number of benzene rings is 1. The molecule has 1 aromatic heterocycles. The van der Waals surface area contributed by atoms with Gasteiger partial charge in [-0.05, 0) is 30.4 Å². The molecule has 5 heteroatoms. The van der Waals surface area contributed by atoms with Crippen LogP contribution in [0.4, 0.5) is 0 Å². The van der Waals surface area contributed by atoms with E-state index in [0.717, 1.165) is 31.0 Å². The van der Waals surface area contributed by atoms with E-state index < -0.39 is 0 Å². The van der Waals surface area contributed by atoms with Crippen molar-refractivity contribution < 1.29 is 4.74 Å². The molecule has 2 unspecified atom stereocenters. The summed E-state index contributed by atoms with van der Waals surface area (Å²) < 4.78 is 7.72. The van der Waals surface area contributed by atoms with Gasteiger partial charge in [-0.2, -0.15) is 0 Å². The van der Waals surface area contributed by atoms with Crippen molar-refractivity contribution in [2.45, 2.75) is 24.8 Å². The molecular formula is C15H20N4O. The predicted molar refractivity (Wildman–Crippen MR) is 77.2 cm³/mol. The number of aryl methyl sites for hydroxylation is 1. The lowest BCUT2D eigenvalue weighted by atomic mass is 9.87. The van der Waals surface area contributed by atoms with Gasteiger partial charge in [0, 0.05) is 19.4 Å². The molecule has 3 N–H and O–H groups in total. The van der Waals surface area contributed by atoms with Crippen LogP contribution >= 0.6 is 0 Å². The van der Waals surface area contributed by atoms with Gasteiger partial charge in [-0.3, -0.25) is 5.84 Å². The topological polar surface area (TPSA) is 65.1 Å². The highest BCUT2D eigenvalue weighted by Gasteiger charge is 2.26. The van der Waals surface area contributed by atoms with Crippen LogP contribution in [0.1, 0.15) is 36.2 Å². The number of imidazole rings is 1. The minimum atomic E-state index is 0.0474. The molecule has 0 amide bonds. The highest BCUT2D eigenvalue weighted by molar-refractivity contribution is 5.37. The van der Waals surface area contributed by atoms with Gasteiger partial charge >= 0.3 is 0 Å². The molecule has 5 nitrogen and oxygen atoms in total. The highest BCUT2D eigenvalue weighted by atomic mass is 16.5. The summed E-state index contributed by atoms with van der Waals surface area (Å²) in [6.07, 6.45) is 5.68. The van der Waals surface area contributed by atoms with Crippen LogP contribution in [-0.2, 0) is 7.05 Å². The monoisotopic (exact) mass is 272 g/mol. The number of fused-ring (bicyclic) bond motifs is 1. The van der Waals surface area contributed by atoms with Gasteiger partial charge in [0.2, 0.25) is 0 Å². The van der Waals surface area contributed by atoms with Crippen LogP contribution in [0.2, 0.25) is 0 Å². The van der Waals surface area contributed by atoms with Crippen LogP contribution in [0.5, 0.6) is 5.75 Å². The largest absolute Gasteiger partial charge is 0.493 e. The van der Waals surface area contributed by atoms with E-state index in [-0.39, 0.29) is 6.04 Å². The lowest BCUT2D eigenvalue weighted by Gasteiger charge is -2.28. The van der Waals surface area contributed by atoms with Crippen molar-refractivity contribution in [1.29, 1.82) is 0 Å². The Bertz CT molecular complexity index is 581. The Morgan fingerprint density at radius 3 is 3.10 bits per heavy atom. The van der Waals surface area contributed by atoms with E-state index >= 15 is 0 Å². The number of hydrogen-bond acceptors (Lipinski definition) is 4. The number of nitrogens with two attached hydrogens (primary N) is 1.